The van der Waals surface area contributed by atoms with Gasteiger partial charge in [-0.15, -0.1) is 0 Å². The van der Waals surface area contributed by atoms with E-state index in [0.717, 1.165) is 17.5 Å². The first-order valence-corrected chi connectivity index (χ1v) is 6.99. The number of rotatable bonds is 4. The maximum atomic E-state index is 13.0. The zero-order valence-electron chi connectivity index (χ0n) is 12.4. The highest BCUT2D eigenvalue weighted by atomic mass is 19.1. The van der Waals surface area contributed by atoms with Gasteiger partial charge in [-0.2, -0.15) is 5.10 Å². The van der Waals surface area contributed by atoms with Crippen molar-refractivity contribution in [2.24, 2.45) is 0 Å². The molecular formula is C17H14FN3O2. The fraction of sp³-hybridized carbons (Fsp3) is 0.118. The lowest BCUT2D eigenvalue weighted by atomic mass is 10.1. The predicted octanol–water partition coefficient (Wildman–Crippen LogP) is 2.92. The predicted molar refractivity (Wildman–Crippen MR) is 82.9 cm³/mol. The molecule has 6 heteroatoms. The Hall–Kier alpha value is -3.02. The third-order valence-electron chi connectivity index (χ3n) is 3.35. The molecule has 0 saturated heterocycles. The van der Waals surface area contributed by atoms with Crippen LogP contribution >= 0.6 is 0 Å². The van der Waals surface area contributed by atoms with E-state index in [2.05, 4.69) is 10.1 Å². The molecule has 0 aliphatic heterocycles. The molecule has 0 unspecified atom stereocenters. The molecule has 23 heavy (non-hydrogen) atoms. The number of hydrogen-bond acceptors (Lipinski definition) is 4. The van der Waals surface area contributed by atoms with Crippen LogP contribution < -0.4 is 0 Å². The summed E-state index contributed by atoms with van der Waals surface area (Å²) in [5.74, 6) is -0.810. The lowest BCUT2D eigenvalue weighted by Crippen LogP contribution is -2.13. The quantitative estimate of drug-likeness (QED) is 0.695. The monoisotopic (exact) mass is 311 g/mol. The van der Waals surface area contributed by atoms with Gasteiger partial charge in [-0.3, -0.25) is 14.5 Å². The van der Waals surface area contributed by atoms with Gasteiger partial charge < -0.3 is 4.74 Å². The Labute approximate surface area is 132 Å². The van der Waals surface area contributed by atoms with E-state index < -0.39 is 11.8 Å². The molecule has 0 saturated carbocycles. The van der Waals surface area contributed by atoms with E-state index in [1.165, 1.54) is 13.2 Å². The van der Waals surface area contributed by atoms with E-state index >= 15 is 0 Å². The first kappa shape index (κ1) is 14.9. The molecule has 0 aliphatic rings. The molecule has 0 aliphatic carbocycles. The smallest absolute Gasteiger partial charge is 0.327 e. The molecule has 0 amide bonds. The van der Waals surface area contributed by atoms with Gasteiger partial charge in [0, 0.05) is 0 Å². The number of hydrogen-bond donors (Lipinski definition) is 0. The SMILES string of the molecule is COC(=O)Cn1nc(-c2ccc(F)cn2)cc1-c1ccccc1. The number of halogens is 1. The molecule has 3 aromatic rings. The van der Waals surface area contributed by atoms with E-state index in [9.17, 15) is 9.18 Å². The highest BCUT2D eigenvalue weighted by Crippen LogP contribution is 2.25. The number of carbonyl (C=O) groups is 1. The van der Waals surface area contributed by atoms with E-state index in [1.54, 1.807) is 10.7 Å². The van der Waals surface area contributed by atoms with Gasteiger partial charge in [0.05, 0.1) is 24.7 Å². The van der Waals surface area contributed by atoms with Crippen molar-refractivity contribution in [3.05, 3.63) is 60.5 Å². The first-order valence-electron chi connectivity index (χ1n) is 6.99. The minimum Gasteiger partial charge on any atom is -0.468 e. The van der Waals surface area contributed by atoms with Crippen LogP contribution in [0.3, 0.4) is 0 Å². The Balaban J connectivity index is 2.06. The number of esters is 1. The Bertz CT molecular complexity index is 814. The molecule has 5 nitrogen and oxygen atoms in total. The number of nitrogens with zero attached hydrogens (tertiary/aromatic N) is 3. The molecule has 0 spiro atoms. The van der Waals surface area contributed by atoms with Crippen molar-refractivity contribution < 1.29 is 13.9 Å². The van der Waals surface area contributed by atoms with Crippen molar-refractivity contribution in [2.45, 2.75) is 6.54 Å². The number of methoxy groups -OCH3 is 1. The molecule has 3 rings (SSSR count). The first-order chi connectivity index (χ1) is 11.2. The van der Waals surface area contributed by atoms with E-state index in [4.69, 9.17) is 4.74 Å². The molecule has 116 valence electrons. The normalized spacial score (nSPS) is 10.5. The van der Waals surface area contributed by atoms with E-state index in [1.807, 2.05) is 36.4 Å². The number of aromatic nitrogens is 3. The van der Waals surface area contributed by atoms with Crippen molar-refractivity contribution >= 4 is 5.97 Å². The fourth-order valence-electron chi connectivity index (χ4n) is 2.22. The van der Waals surface area contributed by atoms with Gasteiger partial charge in [0.2, 0.25) is 0 Å². The Kier molecular flexibility index (Phi) is 4.14. The zero-order valence-corrected chi connectivity index (χ0v) is 12.4. The van der Waals surface area contributed by atoms with Crippen LogP contribution in [0, 0.1) is 5.82 Å². The summed E-state index contributed by atoms with van der Waals surface area (Å²) in [6.45, 7) is -0.0120. The van der Waals surface area contributed by atoms with Crippen LogP contribution in [-0.2, 0) is 16.1 Å². The molecule has 0 fully saturated rings. The van der Waals surface area contributed by atoms with Crippen LogP contribution in [0.2, 0.25) is 0 Å². The standard InChI is InChI=1S/C17H14FN3O2/c1-23-17(22)11-21-16(12-5-3-2-4-6-12)9-15(20-21)14-8-7-13(18)10-19-14/h2-10H,11H2,1H3. The van der Waals surface area contributed by atoms with Crippen LogP contribution in [-0.4, -0.2) is 27.8 Å². The summed E-state index contributed by atoms with van der Waals surface area (Å²) >= 11 is 0. The summed E-state index contributed by atoms with van der Waals surface area (Å²) in [5, 5.41) is 4.41. The molecule has 1 aromatic carbocycles. The zero-order chi connectivity index (χ0) is 16.2. The Morgan fingerprint density at radius 3 is 2.61 bits per heavy atom. The van der Waals surface area contributed by atoms with Gasteiger partial charge in [-0.25, -0.2) is 4.39 Å². The van der Waals surface area contributed by atoms with Gasteiger partial charge in [-0.05, 0) is 23.8 Å². The number of benzene rings is 1. The van der Waals surface area contributed by atoms with Gasteiger partial charge in [0.1, 0.15) is 18.1 Å². The van der Waals surface area contributed by atoms with E-state index in [0.29, 0.717) is 11.4 Å². The molecule has 0 radical (unpaired) electrons. The summed E-state index contributed by atoms with van der Waals surface area (Å²) in [5.41, 5.74) is 2.77. The van der Waals surface area contributed by atoms with Gasteiger partial charge >= 0.3 is 5.97 Å². The summed E-state index contributed by atoms with van der Waals surface area (Å²) in [4.78, 5) is 15.6. The third kappa shape index (κ3) is 3.26. The van der Waals surface area contributed by atoms with Crippen LogP contribution in [0.15, 0.2) is 54.7 Å². The van der Waals surface area contributed by atoms with Crippen LogP contribution in [0.25, 0.3) is 22.6 Å². The molecule has 0 atom stereocenters. The van der Waals surface area contributed by atoms with Crippen LogP contribution in [0.4, 0.5) is 4.39 Å². The Morgan fingerprint density at radius 2 is 1.96 bits per heavy atom. The van der Waals surface area contributed by atoms with Gasteiger partial charge in [-0.1, -0.05) is 30.3 Å². The van der Waals surface area contributed by atoms with Crippen molar-refractivity contribution in [3.63, 3.8) is 0 Å². The van der Waals surface area contributed by atoms with E-state index in [-0.39, 0.29) is 6.54 Å². The molecule has 2 heterocycles. The van der Waals surface area contributed by atoms with Crippen molar-refractivity contribution in [1.82, 2.24) is 14.8 Å². The highest BCUT2D eigenvalue weighted by molar-refractivity contribution is 5.72. The third-order valence-corrected chi connectivity index (χ3v) is 3.35. The largest absolute Gasteiger partial charge is 0.468 e. The van der Waals surface area contributed by atoms with Gasteiger partial charge in [0.15, 0.2) is 0 Å². The average molecular weight is 311 g/mol. The lowest BCUT2D eigenvalue weighted by Gasteiger charge is -2.05. The minimum atomic E-state index is -0.411. The molecular weight excluding hydrogens is 297 g/mol. The Morgan fingerprint density at radius 1 is 1.17 bits per heavy atom. The summed E-state index contributed by atoms with van der Waals surface area (Å²) in [6.07, 6.45) is 1.14. The highest BCUT2D eigenvalue weighted by Gasteiger charge is 2.15. The van der Waals surface area contributed by atoms with Crippen LogP contribution in [0.1, 0.15) is 0 Å². The van der Waals surface area contributed by atoms with Gasteiger partial charge in [0.25, 0.3) is 0 Å². The average Bonchev–Trinajstić information content (AvgIpc) is 3.00. The lowest BCUT2D eigenvalue weighted by molar-refractivity contribution is -0.141. The minimum absolute atomic E-state index is 0.0120. The van der Waals surface area contributed by atoms with Crippen molar-refractivity contribution in [1.29, 1.82) is 0 Å². The van der Waals surface area contributed by atoms with Crippen molar-refractivity contribution in [2.75, 3.05) is 7.11 Å². The number of carbonyl (C=O) groups excluding carboxylic acids is 1. The molecule has 2 aromatic heterocycles. The molecule has 0 N–H and O–H groups in total. The summed E-state index contributed by atoms with van der Waals surface area (Å²) in [6, 6.07) is 14.3. The summed E-state index contributed by atoms with van der Waals surface area (Å²) in [7, 11) is 1.33. The van der Waals surface area contributed by atoms with Crippen LogP contribution in [0.5, 0.6) is 0 Å². The number of ether oxygens (including phenoxy) is 1. The second-order valence-electron chi connectivity index (χ2n) is 4.88. The summed E-state index contributed by atoms with van der Waals surface area (Å²) < 4.78 is 19.3. The fourth-order valence-corrected chi connectivity index (χ4v) is 2.22. The molecule has 0 bridgehead atoms. The maximum absolute atomic E-state index is 13.0. The second kappa shape index (κ2) is 6.39. The maximum Gasteiger partial charge on any atom is 0.327 e. The topological polar surface area (TPSA) is 57.0 Å². The second-order valence-corrected chi connectivity index (χ2v) is 4.88. The van der Waals surface area contributed by atoms with Crippen molar-refractivity contribution in [3.8, 4) is 22.6 Å². The number of pyridine rings is 1.